The van der Waals surface area contributed by atoms with Gasteiger partial charge >= 0.3 is 0 Å². The molecule has 5 fully saturated rings. The van der Waals surface area contributed by atoms with Gasteiger partial charge in [0.25, 0.3) is 0 Å². The molecule has 0 saturated heterocycles. The molecule has 7 aliphatic carbocycles. The monoisotopic (exact) mass is 685 g/mol. The third-order valence-corrected chi connectivity index (χ3v) is 15.2. The predicted molar refractivity (Wildman–Crippen MR) is 219 cm³/mol. The van der Waals surface area contributed by atoms with Gasteiger partial charge in [-0.3, -0.25) is 0 Å². The molecule has 0 N–H and O–H groups in total. The first-order valence-electron chi connectivity index (χ1n) is 20.7. The van der Waals surface area contributed by atoms with Crippen LogP contribution in [0.25, 0.3) is 33.4 Å². The van der Waals surface area contributed by atoms with Gasteiger partial charge in [-0.2, -0.15) is 0 Å². The summed E-state index contributed by atoms with van der Waals surface area (Å²) in [4.78, 5) is 2.61. The van der Waals surface area contributed by atoms with Gasteiger partial charge in [0.15, 0.2) is 0 Å². The summed E-state index contributed by atoms with van der Waals surface area (Å²) < 4.78 is 0. The van der Waals surface area contributed by atoms with E-state index in [-0.39, 0.29) is 10.8 Å². The summed E-state index contributed by atoms with van der Waals surface area (Å²) >= 11 is 0. The van der Waals surface area contributed by atoms with E-state index in [2.05, 4.69) is 144 Å². The van der Waals surface area contributed by atoms with Gasteiger partial charge in [0.2, 0.25) is 0 Å². The summed E-state index contributed by atoms with van der Waals surface area (Å²) in [6, 6.07) is 54.1. The highest BCUT2D eigenvalue weighted by molar-refractivity contribution is 5.96. The van der Waals surface area contributed by atoms with Crippen LogP contribution in [0.1, 0.15) is 86.5 Å². The summed E-state index contributed by atoms with van der Waals surface area (Å²) in [5.74, 6) is 3.44. The van der Waals surface area contributed by atoms with Gasteiger partial charge in [-0.15, -0.1) is 0 Å². The first kappa shape index (κ1) is 30.6. The molecule has 0 heterocycles. The highest BCUT2D eigenvalue weighted by Crippen LogP contribution is 2.70. The fourth-order valence-corrected chi connectivity index (χ4v) is 13.5. The molecule has 0 amide bonds. The number of anilines is 3. The van der Waals surface area contributed by atoms with Crippen molar-refractivity contribution in [2.45, 2.75) is 75.0 Å². The molecule has 0 atom stereocenters. The van der Waals surface area contributed by atoms with Crippen molar-refractivity contribution in [2.75, 3.05) is 4.90 Å². The fourth-order valence-electron chi connectivity index (χ4n) is 13.5. The van der Waals surface area contributed by atoms with E-state index in [0.29, 0.717) is 0 Å². The Morgan fingerprint density at radius 3 is 1.79 bits per heavy atom. The minimum atomic E-state index is 0.117. The van der Waals surface area contributed by atoms with Crippen LogP contribution in [0.15, 0.2) is 140 Å². The van der Waals surface area contributed by atoms with Crippen LogP contribution in [0.5, 0.6) is 0 Å². The van der Waals surface area contributed by atoms with Crippen LogP contribution in [0.3, 0.4) is 0 Å². The number of hydrogen-bond donors (Lipinski definition) is 0. The van der Waals surface area contributed by atoms with Crippen molar-refractivity contribution >= 4 is 17.1 Å². The molecular formula is C52H47N. The zero-order valence-electron chi connectivity index (χ0n) is 30.6. The molecule has 0 aliphatic heterocycles. The maximum Gasteiger partial charge on any atom is 0.0543 e. The molecule has 0 radical (unpaired) electrons. The van der Waals surface area contributed by atoms with Crippen molar-refractivity contribution in [3.63, 3.8) is 0 Å². The molecule has 53 heavy (non-hydrogen) atoms. The molecule has 260 valence electrons. The molecule has 4 bridgehead atoms. The molecule has 6 aromatic rings. The van der Waals surface area contributed by atoms with Crippen molar-refractivity contribution in [1.29, 1.82) is 0 Å². The van der Waals surface area contributed by atoms with Crippen LogP contribution in [0.4, 0.5) is 17.1 Å². The van der Waals surface area contributed by atoms with Crippen LogP contribution in [-0.4, -0.2) is 0 Å². The van der Waals surface area contributed by atoms with Crippen molar-refractivity contribution < 1.29 is 0 Å². The van der Waals surface area contributed by atoms with Crippen LogP contribution >= 0.6 is 0 Å². The number of hydrogen-bond acceptors (Lipinski definition) is 1. The Balaban J connectivity index is 1.07. The average molecular weight is 686 g/mol. The maximum absolute atomic E-state index is 2.61. The Kier molecular flexibility index (Phi) is 6.53. The van der Waals surface area contributed by atoms with E-state index < -0.39 is 0 Å². The topological polar surface area (TPSA) is 3.24 Å². The van der Waals surface area contributed by atoms with Crippen LogP contribution in [-0.2, 0) is 10.8 Å². The van der Waals surface area contributed by atoms with Gasteiger partial charge in [0.1, 0.15) is 0 Å². The Bertz CT molecular complexity index is 2370. The normalized spacial score (nSPS) is 26.3. The quantitative estimate of drug-likeness (QED) is 0.179. The van der Waals surface area contributed by atoms with Crippen LogP contribution in [0, 0.1) is 23.7 Å². The number of rotatable bonds is 4. The van der Waals surface area contributed by atoms with Crippen LogP contribution < -0.4 is 4.90 Å². The number of benzene rings is 6. The van der Waals surface area contributed by atoms with Gasteiger partial charge < -0.3 is 4.90 Å². The van der Waals surface area contributed by atoms with Crippen molar-refractivity contribution in [3.05, 3.63) is 162 Å². The SMILES string of the molecule is c1ccc(-c2ccc(N(c3ccc4c(c3)-c3ccccc3C43C4CC5CC(C4)CC3C5)c3cccc4c3-c3ccccc3C43CCCCC3)cc2)cc1. The van der Waals surface area contributed by atoms with Crippen molar-refractivity contribution in [3.8, 4) is 33.4 Å². The molecule has 2 spiro atoms. The highest BCUT2D eigenvalue weighted by Gasteiger charge is 2.61. The van der Waals surface area contributed by atoms with E-state index in [9.17, 15) is 0 Å². The lowest BCUT2D eigenvalue weighted by Gasteiger charge is -2.61. The largest absolute Gasteiger partial charge is 0.310 e. The summed E-state index contributed by atoms with van der Waals surface area (Å²) in [5, 5.41) is 0. The number of nitrogens with zero attached hydrogens (tertiary/aromatic N) is 1. The average Bonchev–Trinajstić information content (AvgIpc) is 3.65. The molecular weight excluding hydrogens is 639 g/mol. The second kappa shape index (κ2) is 11.3. The Morgan fingerprint density at radius 2 is 1.04 bits per heavy atom. The Morgan fingerprint density at radius 1 is 0.434 bits per heavy atom. The summed E-state index contributed by atoms with van der Waals surface area (Å²) in [7, 11) is 0. The van der Waals surface area contributed by atoms with Gasteiger partial charge in [0.05, 0.1) is 5.69 Å². The van der Waals surface area contributed by atoms with E-state index in [1.54, 1.807) is 22.3 Å². The molecule has 0 unspecified atom stereocenters. The smallest absolute Gasteiger partial charge is 0.0543 e. The second-order valence-corrected chi connectivity index (χ2v) is 17.6. The van der Waals surface area contributed by atoms with E-state index >= 15 is 0 Å². The van der Waals surface area contributed by atoms with Crippen LogP contribution in [0.2, 0.25) is 0 Å². The van der Waals surface area contributed by atoms with Gasteiger partial charge in [0, 0.05) is 27.8 Å². The van der Waals surface area contributed by atoms with E-state index in [0.717, 1.165) is 23.7 Å². The second-order valence-electron chi connectivity index (χ2n) is 17.6. The lowest BCUT2D eigenvalue weighted by atomic mass is 9.43. The molecule has 1 heteroatoms. The van der Waals surface area contributed by atoms with E-state index in [1.165, 1.54) is 115 Å². The lowest BCUT2D eigenvalue weighted by molar-refractivity contribution is -0.0399. The first-order valence-corrected chi connectivity index (χ1v) is 20.7. The molecule has 0 aromatic heterocycles. The maximum atomic E-state index is 2.61. The van der Waals surface area contributed by atoms with Gasteiger partial charge in [-0.05, 0) is 149 Å². The first-order chi connectivity index (χ1) is 26.2. The van der Waals surface area contributed by atoms with Gasteiger partial charge in [-0.1, -0.05) is 128 Å². The lowest BCUT2D eigenvalue weighted by Crippen LogP contribution is -2.55. The predicted octanol–water partition coefficient (Wildman–Crippen LogP) is 13.8. The minimum absolute atomic E-state index is 0.117. The summed E-state index contributed by atoms with van der Waals surface area (Å²) in [5.41, 5.74) is 18.8. The standard InChI is InChI=1S/C52H47N/c1-3-12-36(13-4-1)37-20-22-40(23-21-37)53(49-19-11-18-48-50(49)43-15-6-7-16-45(43)51(48)26-9-2-10-27-51)41-24-25-47-44(33-41)42-14-5-8-17-46(42)52(47)38-29-34-28-35(31-38)32-39(52)30-34/h1,3-8,11-25,33-35,38-39H,2,9-10,26-32H2. The summed E-state index contributed by atoms with van der Waals surface area (Å²) in [6.07, 6.45) is 13.6. The molecule has 1 nitrogen and oxygen atoms in total. The molecule has 13 rings (SSSR count). The third kappa shape index (κ3) is 4.15. The zero-order valence-corrected chi connectivity index (χ0v) is 30.6. The van der Waals surface area contributed by atoms with Crippen molar-refractivity contribution in [1.82, 2.24) is 0 Å². The molecule has 5 saturated carbocycles. The van der Waals surface area contributed by atoms with E-state index in [4.69, 9.17) is 0 Å². The zero-order chi connectivity index (χ0) is 34.7. The Hall–Kier alpha value is -4.88. The van der Waals surface area contributed by atoms with E-state index in [1.807, 2.05) is 0 Å². The fraction of sp³-hybridized carbons (Fsp3) is 0.308. The van der Waals surface area contributed by atoms with Gasteiger partial charge in [-0.25, -0.2) is 0 Å². The third-order valence-electron chi connectivity index (χ3n) is 15.2. The minimum Gasteiger partial charge on any atom is -0.310 e. The molecule has 7 aliphatic rings. The van der Waals surface area contributed by atoms with Crippen molar-refractivity contribution in [2.24, 2.45) is 23.7 Å². The highest BCUT2D eigenvalue weighted by atomic mass is 15.1. The molecule has 6 aromatic carbocycles. The summed E-state index contributed by atoms with van der Waals surface area (Å²) in [6.45, 7) is 0. The Labute approximate surface area is 314 Å². The number of fused-ring (bicyclic) bond motifs is 8.